The zero-order chi connectivity index (χ0) is 11.8. The molecule has 16 heavy (non-hydrogen) atoms. The van der Waals surface area contributed by atoms with Gasteiger partial charge in [0.2, 0.25) is 0 Å². The van der Waals surface area contributed by atoms with Gasteiger partial charge in [0.05, 0.1) is 19.6 Å². The first kappa shape index (κ1) is 12.7. The highest BCUT2D eigenvalue weighted by Gasteiger charge is 2.02. The van der Waals surface area contributed by atoms with Gasteiger partial charge in [-0.15, -0.1) is 0 Å². The van der Waals surface area contributed by atoms with Crippen molar-refractivity contribution in [3.63, 3.8) is 0 Å². The van der Waals surface area contributed by atoms with Gasteiger partial charge in [0.1, 0.15) is 5.82 Å². The van der Waals surface area contributed by atoms with Crippen molar-refractivity contribution in [1.82, 2.24) is 14.9 Å². The molecule has 0 aliphatic heterocycles. The fourth-order valence-corrected chi connectivity index (χ4v) is 1.42. The van der Waals surface area contributed by atoms with E-state index in [2.05, 4.69) is 21.8 Å². The van der Waals surface area contributed by atoms with Gasteiger partial charge in [-0.05, 0) is 13.8 Å². The van der Waals surface area contributed by atoms with Crippen LogP contribution in [-0.2, 0) is 22.6 Å². The summed E-state index contributed by atoms with van der Waals surface area (Å²) < 4.78 is 6.89. The molecule has 1 N–H and O–H groups in total. The lowest BCUT2D eigenvalue weighted by Crippen LogP contribution is -2.21. The summed E-state index contributed by atoms with van der Waals surface area (Å²) in [5.41, 5.74) is 0. The van der Waals surface area contributed by atoms with Crippen LogP contribution >= 0.6 is 0 Å². The highest BCUT2D eigenvalue weighted by molar-refractivity contribution is 5.69. The van der Waals surface area contributed by atoms with E-state index in [4.69, 9.17) is 4.74 Å². The Morgan fingerprint density at radius 3 is 3.06 bits per heavy atom. The Hall–Kier alpha value is -1.36. The molecule has 0 saturated carbocycles. The number of carbonyl (C=O) groups is 1. The summed E-state index contributed by atoms with van der Waals surface area (Å²) in [6.07, 6.45) is 4.13. The SMILES string of the molecule is CCOC(=O)CCNCc1nccn1CC. The number of nitrogens with zero attached hydrogens (tertiary/aromatic N) is 2. The zero-order valence-electron chi connectivity index (χ0n) is 9.90. The second-order valence-corrected chi connectivity index (χ2v) is 3.36. The van der Waals surface area contributed by atoms with Gasteiger partial charge in [0.25, 0.3) is 0 Å². The average Bonchev–Trinajstić information content (AvgIpc) is 2.72. The number of esters is 1. The third-order valence-corrected chi connectivity index (χ3v) is 2.24. The van der Waals surface area contributed by atoms with Gasteiger partial charge in [0.15, 0.2) is 0 Å². The summed E-state index contributed by atoms with van der Waals surface area (Å²) in [6.45, 7) is 6.54. The van der Waals surface area contributed by atoms with Crippen molar-refractivity contribution >= 4 is 5.97 Å². The first-order valence-corrected chi connectivity index (χ1v) is 5.64. The van der Waals surface area contributed by atoms with Crippen molar-refractivity contribution in [2.75, 3.05) is 13.2 Å². The maximum atomic E-state index is 11.0. The van der Waals surface area contributed by atoms with E-state index in [1.54, 1.807) is 6.20 Å². The van der Waals surface area contributed by atoms with Crippen LogP contribution < -0.4 is 5.32 Å². The maximum Gasteiger partial charge on any atom is 0.307 e. The predicted molar refractivity (Wildman–Crippen MR) is 60.9 cm³/mol. The second-order valence-electron chi connectivity index (χ2n) is 3.36. The van der Waals surface area contributed by atoms with Crippen molar-refractivity contribution < 1.29 is 9.53 Å². The van der Waals surface area contributed by atoms with Crippen molar-refractivity contribution in [1.29, 1.82) is 0 Å². The van der Waals surface area contributed by atoms with Crippen molar-refractivity contribution in [2.45, 2.75) is 33.4 Å². The number of nitrogens with one attached hydrogen (secondary N) is 1. The number of rotatable bonds is 7. The smallest absolute Gasteiger partial charge is 0.307 e. The molecular weight excluding hydrogens is 206 g/mol. The Kier molecular flexibility index (Phi) is 5.56. The van der Waals surface area contributed by atoms with Gasteiger partial charge >= 0.3 is 5.97 Å². The fourth-order valence-electron chi connectivity index (χ4n) is 1.42. The lowest BCUT2D eigenvalue weighted by atomic mass is 10.4. The molecule has 0 aliphatic rings. The van der Waals surface area contributed by atoms with Crippen molar-refractivity contribution in [3.8, 4) is 0 Å². The number of hydrogen-bond donors (Lipinski definition) is 1. The van der Waals surface area contributed by atoms with E-state index in [0.717, 1.165) is 12.4 Å². The molecule has 0 spiro atoms. The molecule has 1 rings (SSSR count). The van der Waals surface area contributed by atoms with E-state index in [9.17, 15) is 4.79 Å². The molecule has 0 radical (unpaired) electrons. The van der Waals surface area contributed by atoms with E-state index in [0.29, 0.717) is 26.1 Å². The van der Waals surface area contributed by atoms with Crippen LogP contribution in [0.3, 0.4) is 0 Å². The topological polar surface area (TPSA) is 56.1 Å². The summed E-state index contributed by atoms with van der Waals surface area (Å²) in [4.78, 5) is 15.3. The molecule has 0 amide bonds. The van der Waals surface area contributed by atoms with Gasteiger partial charge < -0.3 is 14.6 Å². The summed E-state index contributed by atoms with van der Waals surface area (Å²) in [6, 6.07) is 0. The Morgan fingerprint density at radius 2 is 2.38 bits per heavy atom. The lowest BCUT2D eigenvalue weighted by Gasteiger charge is -2.06. The highest BCUT2D eigenvalue weighted by atomic mass is 16.5. The predicted octanol–water partition coefficient (Wildman–Crippen LogP) is 0.946. The molecule has 1 aromatic rings. The minimum Gasteiger partial charge on any atom is -0.466 e. The Labute approximate surface area is 95.8 Å². The maximum absolute atomic E-state index is 11.0. The quantitative estimate of drug-likeness (QED) is 0.554. The number of carbonyl (C=O) groups excluding carboxylic acids is 1. The first-order valence-electron chi connectivity index (χ1n) is 5.64. The Bertz CT molecular complexity index is 323. The molecule has 5 nitrogen and oxygen atoms in total. The van der Waals surface area contributed by atoms with Crippen molar-refractivity contribution in [3.05, 3.63) is 18.2 Å². The Balaban J connectivity index is 2.18. The molecule has 1 heterocycles. The number of imidazole rings is 1. The molecule has 0 aromatic carbocycles. The van der Waals surface area contributed by atoms with E-state index in [-0.39, 0.29) is 5.97 Å². The summed E-state index contributed by atoms with van der Waals surface area (Å²) in [5.74, 6) is 0.834. The monoisotopic (exact) mass is 225 g/mol. The molecular formula is C11H19N3O2. The number of hydrogen-bond acceptors (Lipinski definition) is 4. The summed E-state index contributed by atoms with van der Waals surface area (Å²) in [7, 11) is 0. The summed E-state index contributed by atoms with van der Waals surface area (Å²) in [5, 5.41) is 3.17. The highest BCUT2D eigenvalue weighted by Crippen LogP contribution is 1.96. The lowest BCUT2D eigenvalue weighted by molar-refractivity contribution is -0.142. The van der Waals surface area contributed by atoms with E-state index >= 15 is 0 Å². The third kappa shape index (κ3) is 4.02. The van der Waals surface area contributed by atoms with Gasteiger partial charge in [0, 0.05) is 25.5 Å². The van der Waals surface area contributed by atoms with Gasteiger partial charge in [-0.2, -0.15) is 0 Å². The van der Waals surface area contributed by atoms with Crippen LogP contribution in [0.5, 0.6) is 0 Å². The zero-order valence-corrected chi connectivity index (χ0v) is 9.90. The van der Waals surface area contributed by atoms with Crippen LogP contribution in [0.2, 0.25) is 0 Å². The molecule has 0 saturated heterocycles. The standard InChI is InChI=1S/C11H19N3O2/c1-3-14-8-7-13-10(14)9-12-6-5-11(15)16-4-2/h7-8,12H,3-6,9H2,1-2H3. The van der Waals surface area contributed by atoms with E-state index in [1.165, 1.54) is 0 Å². The number of aryl methyl sites for hydroxylation is 1. The molecule has 0 unspecified atom stereocenters. The van der Waals surface area contributed by atoms with Gasteiger partial charge in [-0.25, -0.2) is 4.98 Å². The van der Waals surface area contributed by atoms with Crippen LogP contribution in [0, 0.1) is 0 Å². The van der Waals surface area contributed by atoms with Gasteiger partial charge in [-0.1, -0.05) is 0 Å². The first-order chi connectivity index (χ1) is 7.77. The van der Waals surface area contributed by atoms with Crippen LogP contribution in [0.1, 0.15) is 26.1 Å². The van der Waals surface area contributed by atoms with Crippen LogP contribution in [-0.4, -0.2) is 28.7 Å². The van der Waals surface area contributed by atoms with E-state index in [1.807, 2.05) is 13.1 Å². The van der Waals surface area contributed by atoms with Crippen LogP contribution in [0.25, 0.3) is 0 Å². The average molecular weight is 225 g/mol. The molecule has 90 valence electrons. The normalized spacial score (nSPS) is 10.4. The molecule has 1 aromatic heterocycles. The fraction of sp³-hybridized carbons (Fsp3) is 0.636. The largest absolute Gasteiger partial charge is 0.466 e. The molecule has 0 atom stereocenters. The minimum absolute atomic E-state index is 0.158. The number of aromatic nitrogens is 2. The third-order valence-electron chi connectivity index (χ3n) is 2.24. The number of ether oxygens (including phenoxy) is 1. The Morgan fingerprint density at radius 1 is 1.56 bits per heavy atom. The van der Waals surface area contributed by atoms with Crippen molar-refractivity contribution in [2.24, 2.45) is 0 Å². The summed E-state index contributed by atoms with van der Waals surface area (Å²) >= 11 is 0. The van der Waals surface area contributed by atoms with Crippen LogP contribution in [0.4, 0.5) is 0 Å². The molecule has 0 bridgehead atoms. The minimum atomic E-state index is -0.158. The molecule has 0 fully saturated rings. The molecule has 0 aliphatic carbocycles. The second kappa shape index (κ2) is 7.00. The molecule has 5 heteroatoms. The van der Waals surface area contributed by atoms with E-state index < -0.39 is 0 Å². The van der Waals surface area contributed by atoms with Gasteiger partial charge in [-0.3, -0.25) is 4.79 Å². The van der Waals surface area contributed by atoms with Crippen LogP contribution in [0.15, 0.2) is 12.4 Å².